The molecule has 7 atom stereocenters. The van der Waals surface area contributed by atoms with Gasteiger partial charge >= 0.3 is 0 Å². The molecule has 8 heteroatoms. The summed E-state index contributed by atoms with van der Waals surface area (Å²) in [7, 11) is 0. The fourth-order valence-corrected chi connectivity index (χ4v) is 6.74. The Bertz CT molecular complexity index is 954. The second-order valence-corrected chi connectivity index (χ2v) is 11.1. The lowest BCUT2D eigenvalue weighted by Gasteiger charge is -2.56. The van der Waals surface area contributed by atoms with Gasteiger partial charge in [0.15, 0.2) is 0 Å². The molecule has 0 saturated heterocycles. The van der Waals surface area contributed by atoms with Gasteiger partial charge in [0.05, 0.1) is 18.8 Å². The van der Waals surface area contributed by atoms with Crippen molar-refractivity contribution in [3.05, 3.63) is 46.7 Å². The summed E-state index contributed by atoms with van der Waals surface area (Å²) in [6, 6.07) is 3.94. The molecule has 3 N–H and O–H groups in total. The summed E-state index contributed by atoms with van der Waals surface area (Å²) < 4.78 is 0. The number of carbonyl (C=O) groups is 2. The highest BCUT2D eigenvalue weighted by molar-refractivity contribution is 7.09. The van der Waals surface area contributed by atoms with Crippen LogP contribution in [0.5, 0.6) is 0 Å². The summed E-state index contributed by atoms with van der Waals surface area (Å²) in [4.78, 5) is 34.8. The van der Waals surface area contributed by atoms with Gasteiger partial charge in [0, 0.05) is 29.2 Å². The van der Waals surface area contributed by atoms with Crippen molar-refractivity contribution in [3.8, 4) is 0 Å². The summed E-state index contributed by atoms with van der Waals surface area (Å²) in [5.41, 5.74) is 0.312. The van der Waals surface area contributed by atoms with Crippen molar-refractivity contribution in [3.63, 3.8) is 0 Å². The van der Waals surface area contributed by atoms with Crippen molar-refractivity contribution in [1.29, 1.82) is 0 Å². The Balaban J connectivity index is 1.43. The van der Waals surface area contributed by atoms with Crippen LogP contribution in [0, 0.1) is 29.1 Å². The molecule has 2 fully saturated rings. The standard InChI is InChI=1S/C25H34N4O3S/c1-15(23(31)28-13-17-5-4-12-33-17)18-6-8-25(3)9-7-19(16(2)21(25)22(18)30)29-24(32)20-14-26-10-11-27-20/h4-5,10-12,14-16,18-19,21-22,30H,6-9,13H2,1-3H3,(H,28,31)(H,29,32)/t15-,16+,18?,19-,21+,22-,25-/m0/s1. The molecule has 4 rings (SSSR count). The number of carbonyl (C=O) groups excluding carboxylic acids is 2. The van der Waals surface area contributed by atoms with E-state index in [4.69, 9.17) is 0 Å². The molecule has 7 nitrogen and oxygen atoms in total. The third-order valence-electron chi connectivity index (χ3n) is 8.07. The number of aliphatic hydroxyl groups is 1. The van der Waals surface area contributed by atoms with Gasteiger partial charge in [0.1, 0.15) is 5.69 Å². The largest absolute Gasteiger partial charge is 0.392 e. The molecule has 2 aromatic rings. The molecule has 0 aromatic carbocycles. The first-order valence-electron chi connectivity index (χ1n) is 11.8. The van der Waals surface area contributed by atoms with Crippen LogP contribution < -0.4 is 10.6 Å². The Kier molecular flexibility index (Phi) is 7.14. The highest BCUT2D eigenvalue weighted by atomic mass is 32.1. The molecule has 2 aromatic heterocycles. The fourth-order valence-electron chi connectivity index (χ4n) is 6.10. The predicted molar refractivity (Wildman–Crippen MR) is 127 cm³/mol. The van der Waals surface area contributed by atoms with E-state index in [0.29, 0.717) is 12.2 Å². The molecule has 2 aliphatic carbocycles. The van der Waals surface area contributed by atoms with E-state index in [0.717, 1.165) is 30.6 Å². The summed E-state index contributed by atoms with van der Waals surface area (Å²) in [6.07, 6.45) is 7.57. The van der Waals surface area contributed by atoms with Crippen LogP contribution in [-0.2, 0) is 11.3 Å². The van der Waals surface area contributed by atoms with Crippen LogP contribution in [0.15, 0.2) is 36.1 Å². The molecule has 0 spiro atoms. The second-order valence-electron chi connectivity index (χ2n) is 10.0. The lowest BCUT2D eigenvalue weighted by molar-refractivity contribution is -0.142. The van der Waals surface area contributed by atoms with Gasteiger partial charge in [-0.15, -0.1) is 11.3 Å². The highest BCUT2D eigenvalue weighted by Gasteiger charge is 2.53. The fraction of sp³-hybridized carbons (Fsp3) is 0.600. The average Bonchev–Trinajstić information content (AvgIpc) is 3.33. The molecule has 2 amide bonds. The van der Waals surface area contributed by atoms with Gasteiger partial charge in [-0.2, -0.15) is 0 Å². The second kappa shape index (κ2) is 9.89. The van der Waals surface area contributed by atoms with Crippen LogP contribution in [0.2, 0.25) is 0 Å². The van der Waals surface area contributed by atoms with Crippen LogP contribution >= 0.6 is 11.3 Å². The van der Waals surface area contributed by atoms with E-state index in [-0.39, 0.29) is 46.9 Å². The van der Waals surface area contributed by atoms with E-state index in [1.165, 1.54) is 12.4 Å². The van der Waals surface area contributed by atoms with Crippen molar-refractivity contribution in [1.82, 2.24) is 20.6 Å². The molecule has 2 heterocycles. The Morgan fingerprint density at radius 3 is 2.79 bits per heavy atom. The van der Waals surface area contributed by atoms with Crippen molar-refractivity contribution in [2.24, 2.45) is 29.1 Å². The number of nitrogens with zero attached hydrogens (tertiary/aromatic N) is 2. The topological polar surface area (TPSA) is 104 Å². The van der Waals surface area contributed by atoms with Gasteiger partial charge in [0.2, 0.25) is 5.91 Å². The van der Waals surface area contributed by atoms with Crippen molar-refractivity contribution < 1.29 is 14.7 Å². The Hall–Kier alpha value is -2.32. The molecule has 0 radical (unpaired) electrons. The number of amides is 2. The van der Waals surface area contributed by atoms with E-state index in [1.54, 1.807) is 17.5 Å². The zero-order valence-electron chi connectivity index (χ0n) is 19.5. The maximum absolute atomic E-state index is 12.9. The van der Waals surface area contributed by atoms with E-state index in [1.807, 2.05) is 24.4 Å². The number of aromatic nitrogens is 2. The predicted octanol–water partition coefficient (Wildman–Crippen LogP) is 3.41. The van der Waals surface area contributed by atoms with Gasteiger partial charge in [-0.1, -0.05) is 26.8 Å². The van der Waals surface area contributed by atoms with Crippen molar-refractivity contribution in [2.45, 2.75) is 65.1 Å². The zero-order valence-corrected chi connectivity index (χ0v) is 20.3. The molecule has 1 unspecified atom stereocenters. The monoisotopic (exact) mass is 470 g/mol. The van der Waals surface area contributed by atoms with Crippen molar-refractivity contribution >= 4 is 23.2 Å². The SMILES string of the molecule is C[C@H]1[C@@H]2[C@@H](O)C([C@H](C)C(=O)NCc3cccs3)CC[C@@]2(C)CC[C@@H]1NC(=O)c1cnccn1. The molecule has 0 bridgehead atoms. The summed E-state index contributed by atoms with van der Waals surface area (Å²) >= 11 is 1.62. The molecule has 178 valence electrons. The van der Waals surface area contributed by atoms with Gasteiger partial charge in [0.25, 0.3) is 5.91 Å². The van der Waals surface area contributed by atoms with E-state index in [2.05, 4.69) is 34.4 Å². The number of aliphatic hydroxyl groups excluding tert-OH is 1. The first-order chi connectivity index (χ1) is 15.8. The third kappa shape index (κ3) is 4.96. The van der Waals surface area contributed by atoms with Gasteiger partial charge in [-0.25, -0.2) is 4.98 Å². The van der Waals surface area contributed by atoms with Gasteiger partial charge in [-0.3, -0.25) is 14.6 Å². The summed E-state index contributed by atoms with van der Waals surface area (Å²) in [6.45, 7) is 6.84. The minimum atomic E-state index is -0.586. The van der Waals surface area contributed by atoms with E-state index in [9.17, 15) is 14.7 Å². The van der Waals surface area contributed by atoms with Crippen LogP contribution in [0.4, 0.5) is 0 Å². The molecule has 33 heavy (non-hydrogen) atoms. The van der Waals surface area contributed by atoms with Gasteiger partial charge < -0.3 is 15.7 Å². The maximum Gasteiger partial charge on any atom is 0.271 e. The smallest absolute Gasteiger partial charge is 0.271 e. The molecule has 2 saturated carbocycles. The lowest BCUT2D eigenvalue weighted by Crippen LogP contribution is -2.58. The number of nitrogens with one attached hydrogen (secondary N) is 2. The third-order valence-corrected chi connectivity index (χ3v) is 8.95. The molecule has 2 aliphatic rings. The Morgan fingerprint density at radius 2 is 2.09 bits per heavy atom. The minimum Gasteiger partial charge on any atom is -0.392 e. The normalized spacial score (nSPS) is 32.4. The Morgan fingerprint density at radius 1 is 1.30 bits per heavy atom. The molecular weight excluding hydrogens is 436 g/mol. The maximum atomic E-state index is 12.9. The lowest BCUT2D eigenvalue weighted by atomic mass is 9.51. The summed E-state index contributed by atoms with van der Waals surface area (Å²) in [5, 5.41) is 19.7. The minimum absolute atomic E-state index is 0.00739. The van der Waals surface area contributed by atoms with Crippen molar-refractivity contribution in [2.75, 3.05) is 0 Å². The van der Waals surface area contributed by atoms with Crippen LogP contribution in [0.1, 0.15) is 61.8 Å². The number of rotatable bonds is 6. The van der Waals surface area contributed by atoms with E-state index < -0.39 is 6.10 Å². The van der Waals surface area contributed by atoms with E-state index >= 15 is 0 Å². The molecule has 0 aliphatic heterocycles. The van der Waals surface area contributed by atoms with Crippen LogP contribution in [0.3, 0.4) is 0 Å². The first-order valence-corrected chi connectivity index (χ1v) is 12.7. The average molecular weight is 471 g/mol. The highest BCUT2D eigenvalue weighted by Crippen LogP contribution is 2.55. The number of fused-ring (bicyclic) bond motifs is 1. The number of thiophene rings is 1. The summed E-state index contributed by atoms with van der Waals surface area (Å²) in [5.74, 6) is -0.499. The first kappa shape index (κ1) is 23.8. The zero-order chi connectivity index (χ0) is 23.6. The number of hydrogen-bond donors (Lipinski definition) is 3. The quantitative estimate of drug-likeness (QED) is 0.600. The van der Waals surface area contributed by atoms with Crippen LogP contribution in [0.25, 0.3) is 0 Å². The van der Waals surface area contributed by atoms with Gasteiger partial charge in [-0.05, 0) is 60.3 Å². The number of hydrogen-bond acceptors (Lipinski definition) is 6. The Labute approximate surface area is 199 Å². The molecular formula is C25H34N4O3S. The van der Waals surface area contributed by atoms with Crippen LogP contribution in [-0.4, -0.2) is 39.0 Å².